The molecule has 1 aromatic carbocycles. The molecule has 0 unspecified atom stereocenters. The largest absolute Gasteiger partial charge is 0.477 e. The van der Waals surface area contributed by atoms with Crippen molar-refractivity contribution in [2.75, 3.05) is 0 Å². The number of carbonyl (C=O) groups is 1. The lowest BCUT2D eigenvalue weighted by Crippen LogP contribution is -2.15. The molecule has 3 aromatic rings. The minimum atomic E-state index is -1.28. The van der Waals surface area contributed by atoms with Crippen molar-refractivity contribution in [2.45, 2.75) is 0 Å². The van der Waals surface area contributed by atoms with E-state index in [1.807, 2.05) is 0 Å². The van der Waals surface area contributed by atoms with Gasteiger partial charge in [-0.2, -0.15) is 0 Å². The standard InChI is InChI=1S/C12H7N3O3/c16-11-6-1-2-8-10(14-4-3-13-8)9(6)15-5-7(11)12(17)18/h1-5,13H,(H,17,18). The molecule has 0 aliphatic carbocycles. The number of nitrogens with one attached hydrogen (secondary N) is 1. The Hall–Kier alpha value is -2.76. The maximum absolute atomic E-state index is 12.0. The molecule has 0 atom stereocenters. The second-order valence-corrected chi connectivity index (χ2v) is 3.75. The predicted molar refractivity (Wildman–Crippen MR) is 64.6 cm³/mol. The number of pyridine rings is 1. The monoisotopic (exact) mass is 241 g/mol. The molecule has 0 amide bonds. The maximum atomic E-state index is 12.0. The number of aromatic amines is 1. The Labute approximate surface area is 99.9 Å². The highest BCUT2D eigenvalue weighted by Gasteiger charge is 2.13. The molecule has 0 saturated carbocycles. The van der Waals surface area contributed by atoms with Crippen LogP contribution in [-0.2, 0) is 0 Å². The fourth-order valence-electron chi connectivity index (χ4n) is 1.86. The van der Waals surface area contributed by atoms with E-state index in [0.717, 1.165) is 11.7 Å². The summed E-state index contributed by atoms with van der Waals surface area (Å²) in [6, 6.07) is 3.23. The van der Waals surface area contributed by atoms with Crippen molar-refractivity contribution in [1.29, 1.82) is 0 Å². The summed E-state index contributed by atoms with van der Waals surface area (Å²) in [5.41, 5.74) is 0.810. The van der Waals surface area contributed by atoms with E-state index >= 15 is 0 Å². The summed E-state index contributed by atoms with van der Waals surface area (Å²) in [5.74, 6) is -1.28. The van der Waals surface area contributed by atoms with Gasteiger partial charge in [0.05, 0.1) is 10.9 Å². The number of carboxylic acids is 1. The Kier molecular flexibility index (Phi) is 2.09. The van der Waals surface area contributed by atoms with Gasteiger partial charge < -0.3 is 10.1 Å². The van der Waals surface area contributed by atoms with Gasteiger partial charge in [-0.05, 0) is 12.1 Å². The molecule has 0 aliphatic heterocycles. The van der Waals surface area contributed by atoms with Crippen LogP contribution in [0.15, 0.2) is 35.5 Å². The number of aromatic carboxylic acids is 1. The van der Waals surface area contributed by atoms with Crippen LogP contribution >= 0.6 is 0 Å². The van der Waals surface area contributed by atoms with E-state index in [0.29, 0.717) is 11.0 Å². The summed E-state index contributed by atoms with van der Waals surface area (Å²) >= 11 is 0. The third kappa shape index (κ3) is 1.36. The number of hydrogen-bond donors (Lipinski definition) is 2. The molecular weight excluding hydrogens is 234 g/mol. The fraction of sp³-hybridized carbons (Fsp3) is 0. The van der Waals surface area contributed by atoms with Gasteiger partial charge in [-0.25, -0.2) is 4.79 Å². The molecule has 0 saturated heterocycles. The fourth-order valence-corrected chi connectivity index (χ4v) is 1.86. The Morgan fingerprint density at radius 3 is 2.83 bits per heavy atom. The number of aromatic nitrogens is 3. The summed E-state index contributed by atoms with van der Waals surface area (Å²) in [7, 11) is 0. The summed E-state index contributed by atoms with van der Waals surface area (Å²) in [5, 5.41) is 9.14. The van der Waals surface area contributed by atoms with Crippen LogP contribution in [-0.4, -0.2) is 26.0 Å². The average Bonchev–Trinajstić information content (AvgIpc) is 2.38. The van der Waals surface area contributed by atoms with Crippen LogP contribution in [0.3, 0.4) is 0 Å². The van der Waals surface area contributed by atoms with Gasteiger partial charge in [0.2, 0.25) is 5.43 Å². The van der Waals surface area contributed by atoms with Gasteiger partial charge in [0.1, 0.15) is 16.6 Å². The zero-order valence-corrected chi connectivity index (χ0v) is 9.04. The van der Waals surface area contributed by atoms with Crippen molar-refractivity contribution in [3.05, 3.63) is 46.5 Å². The number of hydrogen-bond acceptors (Lipinski definition) is 4. The van der Waals surface area contributed by atoms with E-state index in [2.05, 4.69) is 15.0 Å². The van der Waals surface area contributed by atoms with Gasteiger partial charge in [0.15, 0.2) is 0 Å². The molecule has 2 heterocycles. The van der Waals surface area contributed by atoms with Crippen molar-refractivity contribution in [3.8, 4) is 0 Å². The topological polar surface area (TPSA) is 95.9 Å². The molecule has 0 spiro atoms. The molecule has 6 nitrogen and oxygen atoms in total. The van der Waals surface area contributed by atoms with Crippen molar-refractivity contribution in [3.63, 3.8) is 0 Å². The number of benzene rings is 1. The summed E-state index contributed by atoms with van der Waals surface area (Å²) in [6.45, 7) is 0. The number of H-pyrrole nitrogens is 1. The van der Waals surface area contributed by atoms with Gasteiger partial charge in [-0.3, -0.25) is 14.8 Å². The molecule has 3 rings (SSSR count). The molecule has 0 bridgehead atoms. The first-order valence-electron chi connectivity index (χ1n) is 5.17. The van der Waals surface area contributed by atoms with Gasteiger partial charge in [-0.15, -0.1) is 0 Å². The Bertz CT molecular complexity index is 839. The molecule has 0 radical (unpaired) electrons. The first-order chi connectivity index (χ1) is 8.68. The van der Waals surface area contributed by atoms with E-state index in [1.165, 1.54) is 0 Å². The van der Waals surface area contributed by atoms with Crippen LogP contribution in [0.25, 0.3) is 21.9 Å². The maximum Gasteiger partial charge on any atom is 0.341 e. The lowest BCUT2D eigenvalue weighted by atomic mass is 10.1. The number of rotatable bonds is 1. The first kappa shape index (κ1) is 10.4. The van der Waals surface area contributed by atoms with E-state index in [4.69, 9.17) is 5.11 Å². The molecule has 2 N–H and O–H groups in total. The normalized spacial score (nSPS) is 10.9. The Balaban J connectivity index is 2.52. The molecule has 2 aromatic heterocycles. The van der Waals surface area contributed by atoms with Crippen molar-refractivity contribution in [1.82, 2.24) is 15.0 Å². The highest BCUT2D eigenvalue weighted by molar-refractivity contribution is 6.03. The van der Waals surface area contributed by atoms with Crippen LogP contribution in [0.2, 0.25) is 0 Å². The third-order valence-electron chi connectivity index (χ3n) is 2.71. The van der Waals surface area contributed by atoms with Gasteiger partial charge in [0, 0.05) is 18.6 Å². The molecule has 18 heavy (non-hydrogen) atoms. The van der Waals surface area contributed by atoms with Crippen LogP contribution in [0.1, 0.15) is 10.4 Å². The van der Waals surface area contributed by atoms with Crippen LogP contribution < -0.4 is 5.43 Å². The predicted octanol–water partition coefficient (Wildman–Crippen LogP) is 1.17. The quantitative estimate of drug-likeness (QED) is 0.623. The molecule has 6 heteroatoms. The van der Waals surface area contributed by atoms with Crippen molar-refractivity contribution < 1.29 is 9.90 Å². The summed E-state index contributed by atoms with van der Waals surface area (Å²) in [4.78, 5) is 34.0. The van der Waals surface area contributed by atoms with Crippen molar-refractivity contribution in [2.24, 2.45) is 0 Å². The molecular formula is C12H7N3O3. The second kappa shape index (κ2) is 3.63. The van der Waals surface area contributed by atoms with Crippen LogP contribution in [0.5, 0.6) is 0 Å². The first-order valence-corrected chi connectivity index (χ1v) is 5.17. The lowest BCUT2D eigenvalue weighted by Gasteiger charge is -2.02. The van der Waals surface area contributed by atoms with Gasteiger partial charge in [0.25, 0.3) is 0 Å². The highest BCUT2D eigenvalue weighted by Crippen LogP contribution is 2.17. The number of nitrogens with zero attached hydrogens (tertiary/aromatic N) is 2. The SMILES string of the molecule is O=C(O)c1cnc2c(ccc3[nH]ccnc32)c1=O. The van der Waals surface area contributed by atoms with E-state index in [9.17, 15) is 9.59 Å². The van der Waals surface area contributed by atoms with Gasteiger partial charge >= 0.3 is 5.97 Å². The third-order valence-corrected chi connectivity index (χ3v) is 2.71. The van der Waals surface area contributed by atoms with Crippen LogP contribution in [0, 0.1) is 0 Å². The minimum absolute atomic E-state index is 0.259. The smallest absolute Gasteiger partial charge is 0.341 e. The number of fused-ring (bicyclic) bond motifs is 3. The van der Waals surface area contributed by atoms with E-state index in [1.54, 1.807) is 24.5 Å². The average molecular weight is 241 g/mol. The summed E-state index contributed by atoms with van der Waals surface area (Å²) < 4.78 is 0. The summed E-state index contributed by atoms with van der Waals surface area (Å²) in [6.07, 6.45) is 4.29. The van der Waals surface area contributed by atoms with E-state index in [-0.39, 0.29) is 10.9 Å². The lowest BCUT2D eigenvalue weighted by molar-refractivity contribution is 0.0695. The highest BCUT2D eigenvalue weighted by atomic mass is 16.4. The molecule has 0 aliphatic rings. The molecule has 88 valence electrons. The molecule has 0 fully saturated rings. The Morgan fingerprint density at radius 2 is 2.06 bits per heavy atom. The van der Waals surface area contributed by atoms with Crippen molar-refractivity contribution >= 4 is 27.9 Å². The van der Waals surface area contributed by atoms with Crippen LogP contribution in [0.4, 0.5) is 0 Å². The number of carboxylic acid groups (broad SMARTS) is 1. The zero-order valence-electron chi connectivity index (χ0n) is 9.04. The second-order valence-electron chi connectivity index (χ2n) is 3.75. The van der Waals surface area contributed by atoms with E-state index < -0.39 is 11.4 Å². The minimum Gasteiger partial charge on any atom is -0.477 e. The van der Waals surface area contributed by atoms with Gasteiger partial charge in [-0.1, -0.05) is 0 Å². The zero-order chi connectivity index (χ0) is 12.7. The Morgan fingerprint density at radius 1 is 1.22 bits per heavy atom.